The molecule has 3 nitrogen and oxygen atoms in total. The molecule has 0 saturated heterocycles. The van der Waals surface area contributed by atoms with E-state index >= 15 is 0 Å². The van der Waals surface area contributed by atoms with E-state index < -0.39 is 0 Å². The molecular weight excluding hydrogens is 315 g/mol. The number of aryl methyl sites for hydroxylation is 2. The molecule has 0 aliphatic heterocycles. The highest BCUT2D eigenvalue weighted by Gasteiger charge is 2.18. The Labute approximate surface area is 145 Å². The Morgan fingerprint density at radius 2 is 1.96 bits per heavy atom. The maximum absolute atomic E-state index is 13.3. The van der Waals surface area contributed by atoms with E-state index in [9.17, 15) is 4.39 Å². The van der Waals surface area contributed by atoms with Crippen molar-refractivity contribution in [2.45, 2.75) is 26.2 Å². The first-order valence-corrected chi connectivity index (χ1v) is 8.38. The molecule has 0 fully saturated rings. The van der Waals surface area contributed by atoms with E-state index in [1.54, 1.807) is 6.07 Å². The van der Waals surface area contributed by atoms with Crippen molar-refractivity contribution in [1.82, 2.24) is 9.97 Å². The second-order valence-electron chi connectivity index (χ2n) is 6.37. The van der Waals surface area contributed by atoms with Gasteiger partial charge in [-0.2, -0.15) is 0 Å². The number of halogens is 1. The molecule has 4 rings (SSSR count). The summed E-state index contributed by atoms with van der Waals surface area (Å²) in [5.74, 6) is 2.17. The highest BCUT2D eigenvalue weighted by atomic mass is 19.1. The molecule has 0 bridgehead atoms. The number of allylic oxidation sites excluding steroid dienone is 4. The molecule has 4 heteroatoms. The van der Waals surface area contributed by atoms with Gasteiger partial charge in [0.15, 0.2) is 11.6 Å². The van der Waals surface area contributed by atoms with Gasteiger partial charge in [0.1, 0.15) is 11.6 Å². The minimum absolute atomic E-state index is 0.242. The molecule has 3 aromatic rings. The Hall–Kier alpha value is -2.88. The number of benzene rings is 1. The quantitative estimate of drug-likeness (QED) is 0.668. The Balaban J connectivity index is 1.66. The summed E-state index contributed by atoms with van der Waals surface area (Å²) in [5, 5.41) is 0. The molecule has 126 valence electrons. The van der Waals surface area contributed by atoms with Gasteiger partial charge < -0.3 is 9.40 Å². The average Bonchev–Trinajstić information content (AvgIpc) is 3.22. The number of aromatic amines is 1. The Morgan fingerprint density at radius 1 is 1.12 bits per heavy atom. The lowest BCUT2D eigenvalue weighted by atomic mass is 9.96. The van der Waals surface area contributed by atoms with Crippen LogP contribution in [-0.2, 0) is 0 Å². The molecule has 2 aromatic heterocycles. The van der Waals surface area contributed by atoms with Gasteiger partial charge in [0.25, 0.3) is 0 Å². The molecule has 1 unspecified atom stereocenters. The summed E-state index contributed by atoms with van der Waals surface area (Å²) in [4.78, 5) is 8.08. The zero-order valence-corrected chi connectivity index (χ0v) is 14.2. The number of H-pyrrole nitrogens is 1. The van der Waals surface area contributed by atoms with Gasteiger partial charge >= 0.3 is 0 Å². The molecule has 0 spiro atoms. The van der Waals surface area contributed by atoms with Gasteiger partial charge in [-0.1, -0.05) is 24.3 Å². The lowest BCUT2D eigenvalue weighted by Crippen LogP contribution is -1.98. The molecule has 1 atom stereocenters. The molecule has 1 aliphatic carbocycles. The van der Waals surface area contributed by atoms with Gasteiger partial charge in [-0.05, 0) is 56.2 Å². The summed E-state index contributed by atoms with van der Waals surface area (Å²) in [6.07, 6.45) is 9.40. The first-order valence-electron chi connectivity index (χ1n) is 8.38. The van der Waals surface area contributed by atoms with E-state index in [0.717, 1.165) is 34.8 Å². The fraction of sp³-hybridized carbons (Fsp3) is 0.190. The third kappa shape index (κ3) is 2.95. The highest BCUT2D eigenvalue weighted by molar-refractivity contribution is 5.65. The van der Waals surface area contributed by atoms with Gasteiger partial charge in [-0.15, -0.1) is 0 Å². The van der Waals surface area contributed by atoms with Crippen molar-refractivity contribution >= 4 is 0 Å². The van der Waals surface area contributed by atoms with Crippen LogP contribution in [0.3, 0.4) is 0 Å². The predicted molar refractivity (Wildman–Crippen MR) is 96.8 cm³/mol. The lowest BCUT2D eigenvalue weighted by Gasteiger charge is -2.10. The molecule has 1 N–H and O–H groups in total. The summed E-state index contributed by atoms with van der Waals surface area (Å²) in [6, 6.07) is 8.50. The van der Waals surface area contributed by atoms with Crippen LogP contribution in [0.15, 0.2) is 59.1 Å². The molecule has 1 aromatic carbocycles. The highest BCUT2D eigenvalue weighted by Crippen LogP contribution is 2.32. The molecule has 0 saturated carbocycles. The summed E-state index contributed by atoms with van der Waals surface area (Å²) in [7, 11) is 0. The van der Waals surface area contributed by atoms with Crippen LogP contribution in [0.5, 0.6) is 0 Å². The van der Waals surface area contributed by atoms with Gasteiger partial charge in [0, 0.05) is 17.2 Å². The fourth-order valence-corrected chi connectivity index (χ4v) is 3.25. The third-order valence-corrected chi connectivity index (χ3v) is 4.55. The molecule has 1 aliphatic rings. The Morgan fingerprint density at radius 3 is 2.72 bits per heavy atom. The zero-order valence-electron chi connectivity index (χ0n) is 14.2. The molecule has 25 heavy (non-hydrogen) atoms. The monoisotopic (exact) mass is 334 g/mol. The molecule has 2 heterocycles. The lowest BCUT2D eigenvalue weighted by molar-refractivity contribution is 0.591. The van der Waals surface area contributed by atoms with Crippen molar-refractivity contribution in [3.05, 3.63) is 77.4 Å². The first kappa shape index (κ1) is 15.6. The van der Waals surface area contributed by atoms with Gasteiger partial charge in [-0.3, -0.25) is 0 Å². The zero-order chi connectivity index (χ0) is 17.4. The number of nitrogens with one attached hydrogen (secondary N) is 1. The van der Waals surface area contributed by atoms with Crippen LogP contribution in [-0.4, -0.2) is 9.97 Å². The van der Waals surface area contributed by atoms with Crippen LogP contribution in [0.1, 0.15) is 29.3 Å². The van der Waals surface area contributed by atoms with Crippen LogP contribution in [0.2, 0.25) is 0 Å². The Bertz CT molecular complexity index is 978. The van der Waals surface area contributed by atoms with E-state index in [4.69, 9.17) is 9.40 Å². The minimum Gasteiger partial charge on any atom is -0.453 e. The van der Waals surface area contributed by atoms with Crippen LogP contribution in [0.25, 0.3) is 22.9 Å². The molecular formula is C21H19FN2O. The summed E-state index contributed by atoms with van der Waals surface area (Å²) in [5.41, 5.74) is 3.83. The van der Waals surface area contributed by atoms with Crippen molar-refractivity contribution in [3.63, 3.8) is 0 Å². The standard InChI is InChI=1S/C21H19FN2O/c1-13-12-16(22)8-9-17(13)18-10-11-19(25-18)21-23-14(2)20(24-21)15-6-4-3-5-7-15/h3-6,8-12,15H,7H2,1-2H3,(H,23,24). The maximum Gasteiger partial charge on any atom is 0.174 e. The van der Waals surface area contributed by atoms with E-state index in [1.807, 2.05) is 26.0 Å². The fourth-order valence-electron chi connectivity index (χ4n) is 3.25. The molecule has 0 radical (unpaired) electrons. The number of hydrogen-bond donors (Lipinski definition) is 1. The molecule has 0 amide bonds. The van der Waals surface area contributed by atoms with Gasteiger partial charge in [0.2, 0.25) is 0 Å². The van der Waals surface area contributed by atoms with Crippen LogP contribution < -0.4 is 0 Å². The summed E-state index contributed by atoms with van der Waals surface area (Å²) < 4.78 is 19.3. The van der Waals surface area contributed by atoms with Crippen LogP contribution in [0.4, 0.5) is 4.39 Å². The number of hydrogen-bond acceptors (Lipinski definition) is 2. The maximum atomic E-state index is 13.3. The van der Waals surface area contributed by atoms with Gasteiger partial charge in [0.05, 0.1) is 5.69 Å². The SMILES string of the molecule is Cc1cc(F)ccc1-c1ccc(-c2nc(C3C=CC=CC3)c(C)[nH]2)o1. The summed E-state index contributed by atoms with van der Waals surface area (Å²) in [6.45, 7) is 3.91. The number of nitrogens with zero attached hydrogens (tertiary/aromatic N) is 1. The normalized spacial score (nSPS) is 16.5. The summed E-state index contributed by atoms with van der Waals surface area (Å²) >= 11 is 0. The second-order valence-corrected chi connectivity index (χ2v) is 6.37. The second kappa shape index (κ2) is 6.20. The van der Waals surface area contributed by atoms with E-state index in [2.05, 4.69) is 29.3 Å². The van der Waals surface area contributed by atoms with Gasteiger partial charge in [-0.25, -0.2) is 9.37 Å². The van der Waals surface area contributed by atoms with E-state index in [1.165, 1.54) is 12.1 Å². The number of rotatable bonds is 3. The predicted octanol–water partition coefficient (Wildman–Crippen LogP) is 5.69. The average molecular weight is 334 g/mol. The minimum atomic E-state index is -0.242. The van der Waals surface area contributed by atoms with Crippen molar-refractivity contribution in [2.75, 3.05) is 0 Å². The largest absolute Gasteiger partial charge is 0.453 e. The van der Waals surface area contributed by atoms with Crippen LogP contribution in [0, 0.1) is 19.7 Å². The van der Waals surface area contributed by atoms with E-state index in [-0.39, 0.29) is 5.82 Å². The number of furan rings is 1. The third-order valence-electron chi connectivity index (χ3n) is 4.55. The van der Waals surface area contributed by atoms with Crippen LogP contribution >= 0.6 is 0 Å². The topological polar surface area (TPSA) is 41.8 Å². The van der Waals surface area contributed by atoms with E-state index in [0.29, 0.717) is 17.4 Å². The smallest absolute Gasteiger partial charge is 0.174 e. The van der Waals surface area contributed by atoms with Crippen molar-refractivity contribution < 1.29 is 8.81 Å². The number of aromatic nitrogens is 2. The van der Waals surface area contributed by atoms with Crippen molar-refractivity contribution in [1.29, 1.82) is 0 Å². The van der Waals surface area contributed by atoms with Crippen molar-refractivity contribution in [3.8, 4) is 22.9 Å². The Kier molecular flexibility index (Phi) is 3.88. The van der Waals surface area contributed by atoms with Crippen molar-refractivity contribution in [2.24, 2.45) is 0 Å². The first-order chi connectivity index (χ1) is 12.1. The number of imidazole rings is 1.